The minimum Gasteiger partial charge on any atom is -0.357 e. The largest absolute Gasteiger partial charge is 0.357 e. The van der Waals surface area contributed by atoms with Crippen LogP contribution in [0, 0.1) is 5.82 Å². The van der Waals surface area contributed by atoms with E-state index in [0.717, 1.165) is 13.1 Å². The molecule has 0 aromatic carbocycles. The first-order valence-corrected chi connectivity index (χ1v) is 5.39. The van der Waals surface area contributed by atoms with E-state index in [1.54, 1.807) is 12.3 Å². The van der Waals surface area contributed by atoms with Crippen molar-refractivity contribution in [1.29, 1.82) is 0 Å². The van der Waals surface area contributed by atoms with Crippen molar-refractivity contribution >= 4 is 29.9 Å². The van der Waals surface area contributed by atoms with Crippen molar-refractivity contribution in [2.75, 3.05) is 13.1 Å². The number of aromatic nitrogens is 1. The molecule has 0 amide bonds. The number of pyridine rings is 1. The van der Waals surface area contributed by atoms with E-state index >= 15 is 0 Å². The Balaban J connectivity index is 0.00000256. The standard InChI is InChI=1S/C11H17FN4.HI/c1-3-13-11(14-4-2)16-8-10-9(12)6-5-7-15-10;/h5-7H,3-4,8H2,1-2H3,(H2,13,14,16);1H. The summed E-state index contributed by atoms with van der Waals surface area (Å²) in [4.78, 5) is 8.16. The molecule has 4 nitrogen and oxygen atoms in total. The Morgan fingerprint density at radius 2 is 2.00 bits per heavy atom. The van der Waals surface area contributed by atoms with Crippen molar-refractivity contribution in [3.8, 4) is 0 Å². The molecule has 1 aromatic rings. The highest BCUT2D eigenvalue weighted by Crippen LogP contribution is 2.03. The first kappa shape index (κ1) is 16.1. The third-order valence-corrected chi connectivity index (χ3v) is 1.91. The minimum absolute atomic E-state index is 0. The lowest BCUT2D eigenvalue weighted by molar-refractivity contribution is 0.599. The highest BCUT2D eigenvalue weighted by Gasteiger charge is 2.01. The predicted octanol–water partition coefficient (Wildman–Crippen LogP) is 1.91. The number of hydrogen-bond acceptors (Lipinski definition) is 2. The van der Waals surface area contributed by atoms with Crippen LogP contribution in [0.25, 0.3) is 0 Å². The molecule has 0 saturated carbocycles. The van der Waals surface area contributed by atoms with Gasteiger partial charge in [0.05, 0.1) is 12.2 Å². The summed E-state index contributed by atoms with van der Waals surface area (Å²) >= 11 is 0. The fourth-order valence-electron chi connectivity index (χ4n) is 1.20. The number of aliphatic imine (C=N–C) groups is 1. The Hall–Kier alpha value is -0.920. The molecular formula is C11H18FIN4. The van der Waals surface area contributed by atoms with E-state index in [1.165, 1.54) is 6.07 Å². The van der Waals surface area contributed by atoms with E-state index in [1.807, 2.05) is 13.8 Å². The van der Waals surface area contributed by atoms with E-state index in [-0.39, 0.29) is 36.3 Å². The summed E-state index contributed by atoms with van der Waals surface area (Å²) in [6.45, 7) is 5.75. The first-order valence-electron chi connectivity index (χ1n) is 5.39. The molecule has 0 bridgehead atoms. The molecule has 0 saturated heterocycles. The van der Waals surface area contributed by atoms with Crippen molar-refractivity contribution in [2.45, 2.75) is 20.4 Å². The van der Waals surface area contributed by atoms with Gasteiger partial charge in [-0.3, -0.25) is 4.98 Å². The zero-order valence-corrected chi connectivity index (χ0v) is 12.4. The zero-order valence-electron chi connectivity index (χ0n) is 10.0. The molecule has 6 heteroatoms. The maximum atomic E-state index is 13.2. The van der Waals surface area contributed by atoms with Crippen molar-refractivity contribution in [3.63, 3.8) is 0 Å². The van der Waals surface area contributed by atoms with Gasteiger partial charge >= 0.3 is 0 Å². The third-order valence-electron chi connectivity index (χ3n) is 1.91. The van der Waals surface area contributed by atoms with Crippen molar-refractivity contribution in [3.05, 3.63) is 29.8 Å². The van der Waals surface area contributed by atoms with Crippen molar-refractivity contribution in [2.24, 2.45) is 4.99 Å². The Morgan fingerprint density at radius 3 is 2.53 bits per heavy atom. The van der Waals surface area contributed by atoms with Crippen LogP contribution in [0.4, 0.5) is 4.39 Å². The number of guanidine groups is 1. The Kier molecular flexibility index (Phi) is 8.65. The van der Waals surface area contributed by atoms with Crippen molar-refractivity contribution < 1.29 is 4.39 Å². The Morgan fingerprint density at radius 1 is 1.35 bits per heavy atom. The van der Waals surface area contributed by atoms with E-state index in [2.05, 4.69) is 20.6 Å². The molecule has 0 radical (unpaired) electrons. The number of hydrogen-bond donors (Lipinski definition) is 2. The molecule has 2 N–H and O–H groups in total. The number of nitrogens with zero attached hydrogens (tertiary/aromatic N) is 2. The molecule has 0 atom stereocenters. The smallest absolute Gasteiger partial charge is 0.191 e. The molecule has 0 fully saturated rings. The Bertz CT molecular complexity index is 349. The lowest BCUT2D eigenvalue weighted by Gasteiger charge is -2.08. The molecule has 0 aliphatic rings. The molecule has 1 heterocycles. The highest BCUT2D eigenvalue weighted by atomic mass is 127. The van der Waals surface area contributed by atoms with Gasteiger partial charge < -0.3 is 10.6 Å². The summed E-state index contributed by atoms with van der Waals surface area (Å²) in [7, 11) is 0. The van der Waals surface area contributed by atoms with Gasteiger partial charge in [0.25, 0.3) is 0 Å². The predicted molar refractivity (Wildman–Crippen MR) is 78.1 cm³/mol. The van der Waals surface area contributed by atoms with Crippen LogP contribution in [0.1, 0.15) is 19.5 Å². The highest BCUT2D eigenvalue weighted by molar-refractivity contribution is 14.0. The lowest BCUT2D eigenvalue weighted by atomic mass is 10.3. The summed E-state index contributed by atoms with van der Waals surface area (Å²) in [6, 6.07) is 2.95. The van der Waals surface area contributed by atoms with Crippen LogP contribution in [-0.4, -0.2) is 24.0 Å². The van der Waals surface area contributed by atoms with Crippen LogP contribution in [-0.2, 0) is 6.54 Å². The van der Waals surface area contributed by atoms with Crippen LogP contribution < -0.4 is 10.6 Å². The average Bonchev–Trinajstić information content (AvgIpc) is 2.28. The fourth-order valence-corrected chi connectivity index (χ4v) is 1.20. The van der Waals surface area contributed by atoms with Crippen molar-refractivity contribution in [1.82, 2.24) is 15.6 Å². The van der Waals surface area contributed by atoms with E-state index in [9.17, 15) is 4.39 Å². The van der Waals surface area contributed by atoms with Crippen LogP contribution in [0.5, 0.6) is 0 Å². The van der Waals surface area contributed by atoms with Crippen LogP contribution in [0.15, 0.2) is 23.3 Å². The van der Waals surface area contributed by atoms with Gasteiger partial charge in [0.1, 0.15) is 5.82 Å². The van der Waals surface area contributed by atoms with Crippen LogP contribution in [0.3, 0.4) is 0 Å². The maximum Gasteiger partial charge on any atom is 0.191 e. The fraction of sp³-hybridized carbons (Fsp3) is 0.455. The summed E-state index contributed by atoms with van der Waals surface area (Å²) in [5.41, 5.74) is 0.357. The normalized spacial score (nSPS) is 9.12. The average molecular weight is 352 g/mol. The van der Waals surface area contributed by atoms with Crippen LogP contribution >= 0.6 is 24.0 Å². The molecular weight excluding hydrogens is 334 g/mol. The number of halogens is 2. The first-order chi connectivity index (χ1) is 7.77. The zero-order chi connectivity index (χ0) is 11.8. The molecule has 1 rings (SSSR count). The van der Waals surface area contributed by atoms with E-state index in [4.69, 9.17) is 0 Å². The monoisotopic (exact) mass is 352 g/mol. The second-order valence-electron chi connectivity index (χ2n) is 3.16. The molecule has 17 heavy (non-hydrogen) atoms. The number of rotatable bonds is 4. The van der Waals surface area contributed by atoms with Crippen LogP contribution in [0.2, 0.25) is 0 Å². The summed E-state index contributed by atoms with van der Waals surface area (Å²) in [5.74, 6) is 0.355. The van der Waals surface area contributed by atoms with Gasteiger partial charge in [0.2, 0.25) is 0 Å². The third kappa shape index (κ3) is 5.81. The van der Waals surface area contributed by atoms with Gasteiger partial charge in [0, 0.05) is 19.3 Å². The molecule has 0 aliphatic heterocycles. The Labute approximate surface area is 118 Å². The van der Waals surface area contributed by atoms with Gasteiger partial charge in [-0.2, -0.15) is 0 Å². The SMILES string of the molecule is CCNC(=NCc1ncccc1F)NCC.I. The lowest BCUT2D eigenvalue weighted by Crippen LogP contribution is -2.37. The number of nitrogens with one attached hydrogen (secondary N) is 2. The van der Waals surface area contributed by atoms with Gasteiger partial charge in [-0.15, -0.1) is 24.0 Å². The van der Waals surface area contributed by atoms with E-state index in [0.29, 0.717) is 11.7 Å². The maximum absolute atomic E-state index is 13.2. The molecule has 1 aromatic heterocycles. The summed E-state index contributed by atoms with van der Waals surface area (Å²) < 4.78 is 13.2. The summed E-state index contributed by atoms with van der Waals surface area (Å²) in [6.07, 6.45) is 1.56. The topological polar surface area (TPSA) is 49.3 Å². The molecule has 0 unspecified atom stereocenters. The minimum atomic E-state index is -0.321. The van der Waals surface area contributed by atoms with Gasteiger partial charge in [-0.1, -0.05) is 0 Å². The quantitative estimate of drug-likeness (QED) is 0.495. The van der Waals surface area contributed by atoms with E-state index < -0.39 is 0 Å². The molecule has 96 valence electrons. The second kappa shape index (κ2) is 9.15. The van der Waals surface area contributed by atoms with Gasteiger partial charge in [-0.25, -0.2) is 9.38 Å². The van der Waals surface area contributed by atoms with Gasteiger partial charge in [-0.05, 0) is 26.0 Å². The summed E-state index contributed by atoms with van der Waals surface area (Å²) in [5, 5.41) is 6.12. The second-order valence-corrected chi connectivity index (χ2v) is 3.16. The van der Waals surface area contributed by atoms with Gasteiger partial charge in [0.15, 0.2) is 5.96 Å². The molecule has 0 aliphatic carbocycles. The molecule has 0 spiro atoms.